The van der Waals surface area contributed by atoms with E-state index in [0.717, 1.165) is 15.7 Å². The van der Waals surface area contributed by atoms with Gasteiger partial charge in [-0.05, 0) is 22.0 Å². The Kier molecular flexibility index (Phi) is 2.39. The average molecular weight is 274 g/mol. The average Bonchev–Trinajstić information content (AvgIpc) is 2.70. The van der Waals surface area contributed by atoms with Crippen molar-refractivity contribution in [2.45, 2.75) is 0 Å². The quantitative estimate of drug-likeness (QED) is 0.914. The molecule has 0 aliphatic rings. The van der Waals surface area contributed by atoms with E-state index in [4.69, 9.17) is 9.52 Å². The van der Waals surface area contributed by atoms with Crippen molar-refractivity contribution in [2.75, 3.05) is 0 Å². The highest BCUT2D eigenvalue weighted by atomic mass is 79.9. The van der Waals surface area contributed by atoms with Crippen LogP contribution in [-0.4, -0.2) is 16.1 Å². The van der Waals surface area contributed by atoms with Crippen molar-refractivity contribution >= 4 is 33.2 Å². The van der Waals surface area contributed by atoms with Gasteiger partial charge in [-0.1, -0.05) is 0 Å². The molecule has 2 rings (SSSR count). The first kappa shape index (κ1) is 9.42. The molecule has 2 heterocycles. The van der Waals surface area contributed by atoms with Crippen molar-refractivity contribution in [3.05, 3.63) is 28.1 Å². The first-order valence-corrected chi connectivity index (χ1v) is 5.27. The monoisotopic (exact) mass is 273 g/mol. The molecule has 0 amide bonds. The number of thiophene rings is 1. The third-order valence-corrected chi connectivity index (χ3v) is 3.26. The first-order chi connectivity index (χ1) is 6.68. The summed E-state index contributed by atoms with van der Waals surface area (Å²) in [7, 11) is 0. The van der Waals surface area contributed by atoms with Crippen molar-refractivity contribution in [1.82, 2.24) is 4.98 Å². The number of aromatic carboxylic acids is 1. The van der Waals surface area contributed by atoms with Crippen LogP contribution < -0.4 is 0 Å². The van der Waals surface area contributed by atoms with Gasteiger partial charge in [-0.15, -0.1) is 11.3 Å². The smallest absolute Gasteiger partial charge is 0.374 e. The summed E-state index contributed by atoms with van der Waals surface area (Å²) in [4.78, 5) is 15.4. The molecule has 0 atom stereocenters. The van der Waals surface area contributed by atoms with E-state index in [1.165, 1.54) is 11.3 Å². The lowest BCUT2D eigenvalue weighted by Gasteiger charge is -1.90. The van der Waals surface area contributed by atoms with Gasteiger partial charge in [0, 0.05) is 9.85 Å². The molecule has 14 heavy (non-hydrogen) atoms. The summed E-state index contributed by atoms with van der Waals surface area (Å²) in [5, 5.41) is 10.6. The summed E-state index contributed by atoms with van der Waals surface area (Å²) in [5.74, 6) is -1.23. The lowest BCUT2D eigenvalue weighted by molar-refractivity contribution is 0.0663. The van der Waals surface area contributed by atoms with Gasteiger partial charge in [0.15, 0.2) is 6.39 Å². The van der Waals surface area contributed by atoms with E-state index in [1.54, 1.807) is 6.07 Å². The Morgan fingerprint density at radius 2 is 2.43 bits per heavy atom. The largest absolute Gasteiger partial charge is 0.475 e. The molecule has 6 heteroatoms. The van der Waals surface area contributed by atoms with E-state index >= 15 is 0 Å². The van der Waals surface area contributed by atoms with Gasteiger partial charge in [0.05, 0.1) is 4.88 Å². The lowest BCUT2D eigenvalue weighted by atomic mass is 10.3. The van der Waals surface area contributed by atoms with Gasteiger partial charge < -0.3 is 9.52 Å². The van der Waals surface area contributed by atoms with Crippen LogP contribution in [0, 0.1) is 0 Å². The van der Waals surface area contributed by atoms with Crippen LogP contribution in [0.15, 0.2) is 26.7 Å². The molecule has 0 bridgehead atoms. The molecule has 0 unspecified atom stereocenters. The highest BCUT2D eigenvalue weighted by Crippen LogP contribution is 2.30. The van der Waals surface area contributed by atoms with Crippen LogP contribution in [0.5, 0.6) is 0 Å². The van der Waals surface area contributed by atoms with Gasteiger partial charge in [0.25, 0.3) is 0 Å². The fourth-order valence-electron chi connectivity index (χ4n) is 1.01. The molecule has 0 aliphatic heterocycles. The second-order valence-corrected chi connectivity index (χ2v) is 4.29. The highest BCUT2D eigenvalue weighted by molar-refractivity contribution is 9.10. The standard InChI is InChI=1S/C8H4BrNO3S/c9-4-1-5(14-2-4)6-7(8(11)12)13-3-10-6/h1-3H,(H,11,12). The molecule has 2 aromatic rings. The zero-order valence-corrected chi connectivity index (χ0v) is 9.13. The summed E-state index contributed by atoms with van der Waals surface area (Å²) < 4.78 is 5.67. The molecule has 4 nitrogen and oxygen atoms in total. The minimum absolute atomic E-state index is 0.126. The van der Waals surface area contributed by atoms with Crippen LogP contribution >= 0.6 is 27.3 Å². The van der Waals surface area contributed by atoms with Crippen LogP contribution in [0.4, 0.5) is 0 Å². The van der Waals surface area contributed by atoms with Gasteiger partial charge in [0.1, 0.15) is 5.69 Å². The molecule has 72 valence electrons. The molecule has 0 saturated carbocycles. The Morgan fingerprint density at radius 3 is 3.00 bits per heavy atom. The summed E-state index contributed by atoms with van der Waals surface area (Å²) >= 11 is 4.69. The Morgan fingerprint density at radius 1 is 1.64 bits per heavy atom. The Balaban J connectivity index is 2.51. The predicted molar refractivity (Wildman–Crippen MR) is 54.5 cm³/mol. The van der Waals surface area contributed by atoms with E-state index in [1.807, 2.05) is 5.38 Å². The lowest BCUT2D eigenvalue weighted by Crippen LogP contribution is -1.95. The maximum absolute atomic E-state index is 10.7. The number of aromatic nitrogens is 1. The van der Waals surface area contributed by atoms with Crippen molar-refractivity contribution in [3.8, 4) is 10.6 Å². The third-order valence-electron chi connectivity index (χ3n) is 1.56. The molecule has 0 aliphatic carbocycles. The van der Waals surface area contributed by atoms with Gasteiger partial charge in [-0.25, -0.2) is 9.78 Å². The van der Waals surface area contributed by atoms with Crippen molar-refractivity contribution in [2.24, 2.45) is 0 Å². The second kappa shape index (κ2) is 3.55. The number of carboxylic acids is 1. The van der Waals surface area contributed by atoms with Gasteiger partial charge in [-0.2, -0.15) is 0 Å². The number of hydrogen-bond donors (Lipinski definition) is 1. The fourth-order valence-corrected chi connectivity index (χ4v) is 2.43. The number of oxazole rings is 1. The van der Waals surface area contributed by atoms with E-state index in [0.29, 0.717) is 5.69 Å². The minimum atomic E-state index is -1.11. The van der Waals surface area contributed by atoms with Crippen molar-refractivity contribution < 1.29 is 14.3 Å². The molecular weight excluding hydrogens is 270 g/mol. The normalized spacial score (nSPS) is 10.4. The molecule has 0 aromatic carbocycles. The fraction of sp³-hybridized carbons (Fsp3) is 0. The van der Waals surface area contributed by atoms with Crippen LogP contribution in [-0.2, 0) is 0 Å². The zero-order valence-electron chi connectivity index (χ0n) is 6.73. The molecule has 0 radical (unpaired) electrons. The van der Waals surface area contributed by atoms with Crippen LogP contribution in [0.25, 0.3) is 10.6 Å². The van der Waals surface area contributed by atoms with Crippen molar-refractivity contribution in [1.29, 1.82) is 0 Å². The number of carbonyl (C=O) groups is 1. The maximum atomic E-state index is 10.7. The van der Waals surface area contributed by atoms with Gasteiger partial charge >= 0.3 is 5.97 Å². The minimum Gasteiger partial charge on any atom is -0.475 e. The van der Waals surface area contributed by atoms with E-state index in [9.17, 15) is 4.79 Å². The predicted octanol–water partition coefficient (Wildman–Crippen LogP) is 2.86. The van der Waals surface area contributed by atoms with Crippen molar-refractivity contribution in [3.63, 3.8) is 0 Å². The molecule has 0 spiro atoms. The summed E-state index contributed by atoms with van der Waals surface area (Å²) in [6, 6.07) is 1.80. The van der Waals surface area contributed by atoms with Crippen LogP contribution in [0.1, 0.15) is 10.6 Å². The second-order valence-electron chi connectivity index (χ2n) is 2.46. The molecule has 0 saturated heterocycles. The number of nitrogens with zero attached hydrogens (tertiary/aromatic N) is 1. The Hall–Kier alpha value is -1.14. The SMILES string of the molecule is O=C(O)c1ocnc1-c1cc(Br)cs1. The number of rotatable bonds is 2. The van der Waals surface area contributed by atoms with Crippen LogP contribution in [0.3, 0.4) is 0 Å². The third kappa shape index (κ3) is 1.58. The first-order valence-electron chi connectivity index (χ1n) is 3.59. The summed E-state index contributed by atoms with van der Waals surface area (Å²) in [6.07, 6.45) is 1.13. The Labute approximate surface area is 91.3 Å². The molecule has 0 fully saturated rings. The maximum Gasteiger partial charge on any atom is 0.374 e. The summed E-state index contributed by atoms with van der Waals surface area (Å²) in [6.45, 7) is 0. The zero-order chi connectivity index (χ0) is 10.1. The molecular formula is C8H4BrNO3S. The molecule has 2 aromatic heterocycles. The van der Waals surface area contributed by atoms with E-state index < -0.39 is 5.97 Å². The van der Waals surface area contributed by atoms with Gasteiger partial charge in [-0.3, -0.25) is 0 Å². The number of carboxylic acid groups (broad SMARTS) is 1. The summed E-state index contributed by atoms with van der Waals surface area (Å²) in [5.41, 5.74) is 0.369. The van der Waals surface area contributed by atoms with E-state index in [-0.39, 0.29) is 5.76 Å². The van der Waals surface area contributed by atoms with Gasteiger partial charge in [0.2, 0.25) is 5.76 Å². The van der Waals surface area contributed by atoms with E-state index in [2.05, 4.69) is 20.9 Å². The topological polar surface area (TPSA) is 63.3 Å². The van der Waals surface area contributed by atoms with Crippen LogP contribution in [0.2, 0.25) is 0 Å². The Bertz CT molecular complexity index is 476. The number of hydrogen-bond acceptors (Lipinski definition) is 4. The number of halogens is 1. The molecule has 1 N–H and O–H groups in total. The highest BCUT2D eigenvalue weighted by Gasteiger charge is 2.18.